The lowest BCUT2D eigenvalue weighted by molar-refractivity contribution is 0.105. The number of alkyl halides is 3. The predicted octanol–water partition coefficient (Wildman–Crippen LogP) is 6.30. The number of anilines is 1. The summed E-state index contributed by atoms with van der Waals surface area (Å²) >= 11 is 22.9. The number of carbonyl (C=O) groups excluding carboxylic acids is 1. The van der Waals surface area contributed by atoms with Crippen LogP contribution in [0, 0.1) is 0 Å². The van der Waals surface area contributed by atoms with Gasteiger partial charge in [-0.05, 0) is 51.0 Å². The van der Waals surface area contributed by atoms with Gasteiger partial charge in [-0.3, -0.25) is 4.98 Å². The summed E-state index contributed by atoms with van der Waals surface area (Å²) < 4.78 is 3.42. The number of nitrogens with zero attached hydrogens (tertiary/aromatic N) is 2. The van der Waals surface area contributed by atoms with Crippen molar-refractivity contribution in [1.29, 1.82) is 0 Å². The van der Waals surface area contributed by atoms with Gasteiger partial charge in [0.05, 0.1) is 5.52 Å². The van der Waals surface area contributed by atoms with Crippen LogP contribution in [0.2, 0.25) is 5.02 Å². The molecule has 1 aromatic heterocycles. The van der Waals surface area contributed by atoms with Crippen LogP contribution in [-0.4, -0.2) is 45.5 Å². The molecule has 1 amide bonds. The van der Waals surface area contributed by atoms with Crippen molar-refractivity contribution in [3.63, 3.8) is 0 Å². The second-order valence-corrected chi connectivity index (χ2v) is 9.41. The summed E-state index contributed by atoms with van der Waals surface area (Å²) in [5.41, 5.74) is 1.85. The van der Waals surface area contributed by atoms with Crippen LogP contribution in [0.3, 0.4) is 0 Å². The molecule has 0 aliphatic rings. The lowest BCUT2D eigenvalue weighted by Crippen LogP contribution is -2.34. The largest absolute Gasteiger partial charge is 0.445 e. The normalized spacial score (nSPS) is 12.6. The van der Waals surface area contributed by atoms with E-state index in [1.165, 1.54) is 0 Å². The topological polar surface area (TPSA) is 54.5 Å². The molecule has 0 fully saturated rings. The number of carbonyl (C=O) groups is 1. The molecule has 2 aromatic rings. The monoisotopic (exact) mass is 465 g/mol. The SMILES string of the molecule is CCN(CCCC(C)Nc1ccnc2cc(Cl)ccc12)C(=O)OCC(Cl)(Cl)Cl. The van der Waals surface area contributed by atoms with E-state index in [-0.39, 0.29) is 12.6 Å². The molecular formula is C19H23Cl4N3O2. The van der Waals surface area contributed by atoms with Gasteiger partial charge in [0.25, 0.3) is 0 Å². The van der Waals surface area contributed by atoms with Crippen LogP contribution in [0.4, 0.5) is 10.5 Å². The number of amides is 1. The summed E-state index contributed by atoms with van der Waals surface area (Å²) in [6.45, 7) is 4.79. The number of benzene rings is 1. The molecule has 2 rings (SSSR count). The molecule has 28 heavy (non-hydrogen) atoms. The zero-order valence-electron chi connectivity index (χ0n) is 15.7. The Morgan fingerprint density at radius 2 is 2.07 bits per heavy atom. The van der Waals surface area contributed by atoms with E-state index < -0.39 is 9.89 Å². The molecule has 1 heterocycles. The van der Waals surface area contributed by atoms with E-state index in [1.807, 2.05) is 31.2 Å². The molecule has 9 heteroatoms. The first-order chi connectivity index (χ1) is 13.2. The molecule has 1 N–H and O–H groups in total. The summed E-state index contributed by atoms with van der Waals surface area (Å²) in [5.74, 6) is 0. The standard InChI is InChI=1S/C19H23Cl4N3O2/c1-3-26(18(27)28-12-19(21,22)23)10-4-5-13(2)25-16-8-9-24-17-11-14(20)6-7-15(16)17/h6-9,11,13H,3-5,10,12H2,1-2H3,(H,24,25). The van der Waals surface area contributed by atoms with E-state index in [4.69, 9.17) is 51.1 Å². The highest BCUT2D eigenvalue weighted by atomic mass is 35.6. The summed E-state index contributed by atoms with van der Waals surface area (Å²) in [6, 6.07) is 7.80. The Bertz CT molecular complexity index is 798. The van der Waals surface area contributed by atoms with Crippen molar-refractivity contribution in [2.75, 3.05) is 25.0 Å². The molecule has 0 aliphatic heterocycles. The first-order valence-electron chi connectivity index (χ1n) is 8.99. The van der Waals surface area contributed by atoms with Gasteiger partial charge in [0.2, 0.25) is 3.79 Å². The molecule has 0 saturated carbocycles. The maximum Gasteiger partial charge on any atom is 0.409 e. The third-order valence-electron chi connectivity index (χ3n) is 4.17. The Labute approximate surface area is 185 Å². The van der Waals surface area contributed by atoms with Crippen molar-refractivity contribution in [3.05, 3.63) is 35.5 Å². The fourth-order valence-electron chi connectivity index (χ4n) is 2.79. The van der Waals surface area contributed by atoms with Crippen LogP contribution in [0.5, 0.6) is 0 Å². The number of pyridine rings is 1. The maximum absolute atomic E-state index is 12.1. The van der Waals surface area contributed by atoms with Gasteiger partial charge in [-0.2, -0.15) is 0 Å². The fourth-order valence-corrected chi connectivity index (χ4v) is 3.12. The van der Waals surface area contributed by atoms with Gasteiger partial charge >= 0.3 is 6.09 Å². The lowest BCUT2D eigenvalue weighted by Gasteiger charge is -2.23. The highest BCUT2D eigenvalue weighted by Gasteiger charge is 2.24. The summed E-state index contributed by atoms with van der Waals surface area (Å²) in [4.78, 5) is 18.0. The number of aromatic nitrogens is 1. The molecule has 1 unspecified atom stereocenters. The number of fused-ring (bicyclic) bond motifs is 1. The van der Waals surface area contributed by atoms with Gasteiger partial charge in [0, 0.05) is 41.4 Å². The Morgan fingerprint density at radius 1 is 1.32 bits per heavy atom. The van der Waals surface area contributed by atoms with Crippen molar-refractivity contribution in [3.8, 4) is 0 Å². The third kappa shape index (κ3) is 7.36. The minimum absolute atomic E-state index is 0.206. The van der Waals surface area contributed by atoms with Crippen LogP contribution in [0.25, 0.3) is 10.9 Å². The van der Waals surface area contributed by atoms with Gasteiger partial charge in [-0.15, -0.1) is 0 Å². The van der Waals surface area contributed by atoms with Crippen LogP contribution in [0.15, 0.2) is 30.5 Å². The van der Waals surface area contributed by atoms with Crippen LogP contribution in [-0.2, 0) is 4.74 Å². The molecule has 0 spiro atoms. The molecule has 0 aliphatic carbocycles. The molecule has 1 atom stereocenters. The predicted molar refractivity (Wildman–Crippen MR) is 118 cm³/mol. The second-order valence-electron chi connectivity index (χ2n) is 6.46. The van der Waals surface area contributed by atoms with Crippen molar-refractivity contribution < 1.29 is 9.53 Å². The minimum atomic E-state index is -1.61. The van der Waals surface area contributed by atoms with Gasteiger partial charge in [-0.25, -0.2) is 4.79 Å². The first-order valence-corrected chi connectivity index (χ1v) is 10.5. The first kappa shape index (κ1) is 23.1. The molecule has 0 bridgehead atoms. The van der Waals surface area contributed by atoms with Crippen molar-refractivity contribution >= 4 is 69.1 Å². The smallest absolute Gasteiger partial charge is 0.409 e. The number of halogens is 4. The Kier molecular flexibility index (Phi) is 8.75. The Hall–Kier alpha value is -1.14. The van der Waals surface area contributed by atoms with Crippen LogP contribution < -0.4 is 5.32 Å². The number of ether oxygens (including phenoxy) is 1. The second kappa shape index (κ2) is 10.6. The molecule has 0 saturated heterocycles. The van der Waals surface area contributed by atoms with Crippen LogP contribution >= 0.6 is 46.4 Å². The lowest BCUT2D eigenvalue weighted by atomic mass is 10.1. The maximum atomic E-state index is 12.1. The Morgan fingerprint density at radius 3 is 2.75 bits per heavy atom. The summed E-state index contributed by atoms with van der Waals surface area (Å²) in [6.07, 6.45) is 2.95. The quantitative estimate of drug-likeness (QED) is 0.464. The van der Waals surface area contributed by atoms with E-state index in [2.05, 4.69) is 17.2 Å². The van der Waals surface area contributed by atoms with E-state index in [1.54, 1.807) is 11.1 Å². The molecule has 154 valence electrons. The van der Waals surface area contributed by atoms with Crippen LogP contribution in [0.1, 0.15) is 26.7 Å². The van der Waals surface area contributed by atoms with Gasteiger partial charge in [0.1, 0.15) is 6.61 Å². The number of nitrogens with one attached hydrogen (secondary N) is 1. The Balaban J connectivity index is 1.85. The van der Waals surface area contributed by atoms with Crippen molar-refractivity contribution in [2.45, 2.75) is 36.5 Å². The molecule has 0 radical (unpaired) electrons. The van der Waals surface area contributed by atoms with Crippen molar-refractivity contribution in [2.24, 2.45) is 0 Å². The number of hydrogen-bond acceptors (Lipinski definition) is 4. The van der Waals surface area contributed by atoms with E-state index in [9.17, 15) is 4.79 Å². The summed E-state index contributed by atoms with van der Waals surface area (Å²) in [7, 11) is 0. The van der Waals surface area contributed by atoms with Gasteiger partial charge in [-0.1, -0.05) is 46.4 Å². The third-order valence-corrected chi connectivity index (χ3v) is 4.73. The minimum Gasteiger partial charge on any atom is -0.445 e. The highest BCUT2D eigenvalue weighted by Crippen LogP contribution is 2.27. The average molecular weight is 467 g/mol. The average Bonchev–Trinajstić information content (AvgIpc) is 2.62. The number of rotatable bonds is 8. The molecule has 1 aromatic carbocycles. The fraction of sp³-hybridized carbons (Fsp3) is 0.474. The van der Waals surface area contributed by atoms with E-state index in [0.29, 0.717) is 18.1 Å². The number of hydrogen-bond donors (Lipinski definition) is 1. The zero-order valence-corrected chi connectivity index (χ0v) is 18.7. The van der Waals surface area contributed by atoms with Crippen molar-refractivity contribution in [1.82, 2.24) is 9.88 Å². The highest BCUT2D eigenvalue weighted by molar-refractivity contribution is 6.67. The van der Waals surface area contributed by atoms with Gasteiger partial charge in [0.15, 0.2) is 0 Å². The van der Waals surface area contributed by atoms with E-state index >= 15 is 0 Å². The summed E-state index contributed by atoms with van der Waals surface area (Å²) in [5, 5.41) is 5.18. The molecule has 5 nitrogen and oxygen atoms in total. The zero-order chi connectivity index (χ0) is 20.7. The van der Waals surface area contributed by atoms with E-state index in [0.717, 1.165) is 29.4 Å². The molecular weight excluding hydrogens is 444 g/mol. The van der Waals surface area contributed by atoms with Gasteiger partial charge < -0.3 is 15.0 Å².